The second kappa shape index (κ2) is 6.12. The van der Waals surface area contributed by atoms with Gasteiger partial charge in [-0.25, -0.2) is 0 Å². The summed E-state index contributed by atoms with van der Waals surface area (Å²) in [6, 6.07) is 8.01. The number of nitrogens with zero attached hydrogens (tertiary/aromatic N) is 1. The molecule has 2 N–H and O–H groups in total. The van der Waals surface area contributed by atoms with Crippen molar-refractivity contribution in [3.05, 3.63) is 29.8 Å². The molecule has 2 atom stereocenters. The minimum Gasteiger partial charge on any atom is -0.394 e. The number of benzene rings is 1. The van der Waals surface area contributed by atoms with Gasteiger partial charge in [0.05, 0.1) is 24.4 Å². The molecular weight excluding hydrogens is 254 g/mol. The van der Waals surface area contributed by atoms with Gasteiger partial charge in [-0.2, -0.15) is 0 Å². The zero-order valence-electron chi connectivity index (χ0n) is 12.5. The topological polar surface area (TPSA) is 52.9 Å². The highest BCUT2D eigenvalue weighted by atomic mass is 16.5. The first-order valence-corrected chi connectivity index (χ1v) is 7.27. The molecule has 2 rings (SSSR count). The zero-order valence-corrected chi connectivity index (χ0v) is 12.5. The van der Waals surface area contributed by atoms with Crippen molar-refractivity contribution in [3.63, 3.8) is 0 Å². The van der Waals surface area contributed by atoms with Crippen LogP contribution in [0, 0.1) is 0 Å². The summed E-state index contributed by atoms with van der Waals surface area (Å²) in [4.78, 5) is 2.23. The van der Waals surface area contributed by atoms with Crippen molar-refractivity contribution < 1.29 is 14.9 Å². The molecule has 1 aromatic rings. The maximum Gasteiger partial charge on any atom is 0.0988 e. The van der Waals surface area contributed by atoms with E-state index < -0.39 is 6.10 Å². The second-order valence-electron chi connectivity index (χ2n) is 6.08. The monoisotopic (exact) mass is 279 g/mol. The second-order valence-corrected chi connectivity index (χ2v) is 6.08. The molecule has 0 saturated carbocycles. The molecule has 0 radical (unpaired) electrons. The lowest BCUT2D eigenvalue weighted by Gasteiger charge is -2.43. The lowest BCUT2D eigenvalue weighted by molar-refractivity contribution is -0.101. The molecule has 1 aliphatic rings. The highest BCUT2D eigenvalue weighted by Gasteiger charge is 2.33. The Labute approximate surface area is 121 Å². The average Bonchev–Trinajstić information content (AvgIpc) is 2.44. The quantitative estimate of drug-likeness (QED) is 0.886. The lowest BCUT2D eigenvalue weighted by atomic mass is 10.0. The molecule has 112 valence electrons. The Balaban J connectivity index is 2.14. The third kappa shape index (κ3) is 3.51. The molecule has 1 fully saturated rings. The molecule has 1 heterocycles. The van der Waals surface area contributed by atoms with E-state index in [-0.39, 0.29) is 18.3 Å². The number of aliphatic hydroxyl groups is 2. The van der Waals surface area contributed by atoms with Gasteiger partial charge in [0.1, 0.15) is 0 Å². The van der Waals surface area contributed by atoms with Crippen molar-refractivity contribution in [1.29, 1.82) is 0 Å². The molecular formula is C16H25NO3. The molecule has 1 saturated heterocycles. The number of ether oxygens (including phenoxy) is 1. The van der Waals surface area contributed by atoms with Crippen LogP contribution in [0.4, 0.5) is 5.69 Å². The first kappa shape index (κ1) is 15.3. The molecule has 0 amide bonds. The van der Waals surface area contributed by atoms with Crippen LogP contribution in [0.3, 0.4) is 0 Å². The highest BCUT2D eigenvalue weighted by Crippen LogP contribution is 2.27. The van der Waals surface area contributed by atoms with Gasteiger partial charge >= 0.3 is 0 Å². The fraction of sp³-hybridized carbons (Fsp3) is 0.625. The maximum atomic E-state index is 9.83. The van der Waals surface area contributed by atoms with E-state index in [1.807, 2.05) is 45.0 Å². The van der Waals surface area contributed by atoms with E-state index in [1.54, 1.807) is 0 Å². The predicted molar refractivity (Wildman–Crippen MR) is 79.9 cm³/mol. The Bertz CT molecular complexity index is 430. The Hall–Kier alpha value is -1.10. The lowest BCUT2D eigenvalue weighted by Crippen LogP contribution is -2.54. The Morgan fingerprint density at radius 2 is 2.00 bits per heavy atom. The standard InChI is InChI=1S/C16H25NO3/c1-4-15(19)12-5-7-13(8-6-12)17-9-14(10-18)20-16(2,3)11-17/h5-8,14-15,18-19H,4,9-11H2,1-3H3. The van der Waals surface area contributed by atoms with Gasteiger partial charge in [0.25, 0.3) is 0 Å². The van der Waals surface area contributed by atoms with Crippen molar-refractivity contribution in [2.45, 2.75) is 45.0 Å². The minimum absolute atomic E-state index is 0.0343. The summed E-state index contributed by atoms with van der Waals surface area (Å²) in [6.45, 7) is 7.56. The van der Waals surface area contributed by atoms with E-state index in [9.17, 15) is 10.2 Å². The third-order valence-electron chi connectivity index (χ3n) is 3.71. The van der Waals surface area contributed by atoms with Crippen LogP contribution < -0.4 is 4.90 Å². The van der Waals surface area contributed by atoms with Crippen LogP contribution >= 0.6 is 0 Å². The molecule has 0 aromatic heterocycles. The van der Waals surface area contributed by atoms with Gasteiger partial charge in [0.2, 0.25) is 0 Å². The summed E-state index contributed by atoms with van der Waals surface area (Å²) in [5.41, 5.74) is 1.78. The van der Waals surface area contributed by atoms with Gasteiger partial charge in [0.15, 0.2) is 0 Å². The van der Waals surface area contributed by atoms with Crippen molar-refractivity contribution in [2.75, 3.05) is 24.6 Å². The summed E-state index contributed by atoms with van der Waals surface area (Å²) >= 11 is 0. The van der Waals surface area contributed by atoms with Crippen LogP contribution in [0.2, 0.25) is 0 Å². The van der Waals surface area contributed by atoms with E-state index in [4.69, 9.17) is 4.74 Å². The smallest absolute Gasteiger partial charge is 0.0988 e. The molecule has 0 aliphatic carbocycles. The van der Waals surface area contributed by atoms with Crippen molar-refractivity contribution >= 4 is 5.69 Å². The number of aliphatic hydroxyl groups excluding tert-OH is 2. The zero-order chi connectivity index (χ0) is 14.8. The van der Waals surface area contributed by atoms with E-state index in [0.717, 1.165) is 24.2 Å². The predicted octanol–water partition coefficient (Wildman–Crippen LogP) is 2.11. The summed E-state index contributed by atoms with van der Waals surface area (Å²) in [5, 5.41) is 19.2. The van der Waals surface area contributed by atoms with Gasteiger partial charge in [0, 0.05) is 18.8 Å². The van der Waals surface area contributed by atoms with Crippen molar-refractivity contribution in [1.82, 2.24) is 0 Å². The van der Waals surface area contributed by atoms with Gasteiger partial charge in [-0.15, -0.1) is 0 Å². The van der Waals surface area contributed by atoms with Crippen LogP contribution in [-0.4, -0.2) is 41.6 Å². The van der Waals surface area contributed by atoms with E-state index in [2.05, 4.69) is 4.90 Å². The van der Waals surface area contributed by atoms with Crippen LogP contribution in [0.15, 0.2) is 24.3 Å². The summed E-state index contributed by atoms with van der Waals surface area (Å²) in [6.07, 6.45) is 0.172. The van der Waals surface area contributed by atoms with E-state index >= 15 is 0 Å². The molecule has 1 aliphatic heterocycles. The summed E-state index contributed by atoms with van der Waals surface area (Å²) < 4.78 is 5.82. The van der Waals surface area contributed by atoms with Crippen LogP contribution in [0.25, 0.3) is 0 Å². The van der Waals surface area contributed by atoms with Gasteiger partial charge in [-0.05, 0) is 38.0 Å². The average molecular weight is 279 g/mol. The number of hydrogen-bond donors (Lipinski definition) is 2. The summed E-state index contributed by atoms with van der Waals surface area (Å²) in [7, 11) is 0. The Morgan fingerprint density at radius 1 is 1.35 bits per heavy atom. The van der Waals surface area contributed by atoms with E-state index in [0.29, 0.717) is 6.54 Å². The maximum absolute atomic E-state index is 9.83. The normalized spacial score (nSPS) is 23.6. The first-order chi connectivity index (χ1) is 9.45. The highest BCUT2D eigenvalue weighted by molar-refractivity contribution is 5.49. The molecule has 4 nitrogen and oxygen atoms in total. The molecule has 20 heavy (non-hydrogen) atoms. The number of morpholine rings is 1. The Kier molecular flexibility index (Phi) is 4.68. The van der Waals surface area contributed by atoms with Crippen molar-refractivity contribution in [3.8, 4) is 0 Å². The largest absolute Gasteiger partial charge is 0.394 e. The molecule has 1 aromatic carbocycles. The van der Waals surface area contributed by atoms with Crippen LogP contribution in [0.5, 0.6) is 0 Å². The first-order valence-electron chi connectivity index (χ1n) is 7.27. The van der Waals surface area contributed by atoms with Crippen LogP contribution in [-0.2, 0) is 4.74 Å². The van der Waals surface area contributed by atoms with Crippen molar-refractivity contribution in [2.24, 2.45) is 0 Å². The number of anilines is 1. The van der Waals surface area contributed by atoms with Gasteiger partial charge in [-0.3, -0.25) is 0 Å². The fourth-order valence-electron chi connectivity index (χ4n) is 2.73. The number of hydrogen-bond acceptors (Lipinski definition) is 4. The summed E-state index contributed by atoms with van der Waals surface area (Å²) in [5.74, 6) is 0. The number of rotatable bonds is 4. The molecule has 0 spiro atoms. The van der Waals surface area contributed by atoms with Crippen LogP contribution in [0.1, 0.15) is 38.9 Å². The molecule has 2 unspecified atom stereocenters. The van der Waals surface area contributed by atoms with Gasteiger partial charge in [-0.1, -0.05) is 19.1 Å². The Morgan fingerprint density at radius 3 is 2.55 bits per heavy atom. The van der Waals surface area contributed by atoms with E-state index in [1.165, 1.54) is 0 Å². The minimum atomic E-state index is -0.393. The van der Waals surface area contributed by atoms with Gasteiger partial charge < -0.3 is 19.8 Å². The SMILES string of the molecule is CCC(O)c1ccc(N2CC(CO)OC(C)(C)C2)cc1. The molecule has 4 heteroatoms. The molecule has 0 bridgehead atoms. The fourth-order valence-corrected chi connectivity index (χ4v) is 2.73. The third-order valence-corrected chi connectivity index (χ3v) is 3.71.